The van der Waals surface area contributed by atoms with Gasteiger partial charge in [0, 0.05) is 24.8 Å². The van der Waals surface area contributed by atoms with Crippen LogP contribution in [0.5, 0.6) is 5.88 Å². The molecule has 0 unspecified atom stereocenters. The zero-order chi connectivity index (χ0) is 17.5. The lowest BCUT2D eigenvalue weighted by atomic mass is 9.93. The van der Waals surface area contributed by atoms with Crippen LogP contribution in [0.4, 0.5) is 0 Å². The maximum absolute atomic E-state index is 9.62. The lowest BCUT2D eigenvalue weighted by Crippen LogP contribution is -2.45. The molecule has 0 radical (unpaired) electrons. The predicted molar refractivity (Wildman–Crippen MR) is 98.7 cm³/mol. The van der Waals surface area contributed by atoms with Crippen molar-refractivity contribution >= 4 is 5.96 Å². The summed E-state index contributed by atoms with van der Waals surface area (Å²) in [4.78, 5) is 9.03. The van der Waals surface area contributed by atoms with Gasteiger partial charge in [-0.2, -0.15) is 0 Å². The minimum atomic E-state index is -0.135. The Kier molecular flexibility index (Phi) is 6.50. The summed E-state index contributed by atoms with van der Waals surface area (Å²) in [6, 6.07) is 4.34. The number of hydrogen-bond donors (Lipinski definition) is 3. The number of ether oxygens (including phenoxy) is 1. The molecular weight excluding hydrogens is 316 g/mol. The Balaban J connectivity index is 1.49. The Morgan fingerprint density at radius 2 is 2.04 bits per heavy atom. The second-order valence-electron chi connectivity index (χ2n) is 7.10. The van der Waals surface area contributed by atoms with Gasteiger partial charge < -0.3 is 20.5 Å². The molecule has 0 aromatic carbocycles. The summed E-state index contributed by atoms with van der Waals surface area (Å²) in [5, 5.41) is 16.4. The number of pyridine rings is 1. The lowest BCUT2D eigenvalue weighted by molar-refractivity contribution is 0.120. The van der Waals surface area contributed by atoms with Crippen molar-refractivity contribution in [3.05, 3.63) is 23.9 Å². The fourth-order valence-corrected chi connectivity index (χ4v) is 2.98. The summed E-state index contributed by atoms with van der Waals surface area (Å²) >= 11 is 0. The van der Waals surface area contributed by atoms with Crippen molar-refractivity contribution in [2.24, 2.45) is 10.9 Å². The molecule has 2 fully saturated rings. The van der Waals surface area contributed by atoms with Crippen LogP contribution in [0.15, 0.2) is 23.3 Å². The normalized spacial score (nSPS) is 24.0. The van der Waals surface area contributed by atoms with Crippen LogP contribution in [0.1, 0.15) is 51.0 Å². The van der Waals surface area contributed by atoms with Crippen LogP contribution in [0.3, 0.4) is 0 Å². The molecule has 2 aliphatic carbocycles. The second-order valence-corrected chi connectivity index (χ2v) is 7.10. The summed E-state index contributed by atoms with van der Waals surface area (Å²) < 4.78 is 5.67. The molecule has 25 heavy (non-hydrogen) atoms. The molecule has 1 aromatic rings. The Bertz CT molecular complexity index is 549. The maximum Gasteiger partial charge on any atom is 0.213 e. The van der Waals surface area contributed by atoms with Crippen LogP contribution in [0.25, 0.3) is 0 Å². The molecule has 0 spiro atoms. The van der Waals surface area contributed by atoms with Crippen molar-refractivity contribution in [3.8, 4) is 5.88 Å². The van der Waals surface area contributed by atoms with Crippen molar-refractivity contribution < 1.29 is 9.84 Å². The fourth-order valence-electron chi connectivity index (χ4n) is 2.98. The van der Waals surface area contributed by atoms with Gasteiger partial charge in [-0.3, -0.25) is 0 Å². The van der Waals surface area contributed by atoms with Crippen LogP contribution in [0.2, 0.25) is 0 Å². The van der Waals surface area contributed by atoms with Crippen LogP contribution in [0, 0.1) is 5.92 Å². The van der Waals surface area contributed by atoms with E-state index < -0.39 is 0 Å². The molecule has 2 saturated carbocycles. The summed E-state index contributed by atoms with van der Waals surface area (Å²) in [6.45, 7) is 4.26. The summed E-state index contributed by atoms with van der Waals surface area (Å²) in [7, 11) is 0. The Labute approximate surface area is 150 Å². The second kappa shape index (κ2) is 9.04. The quantitative estimate of drug-likeness (QED) is 0.521. The molecule has 1 aromatic heterocycles. The highest BCUT2D eigenvalue weighted by Crippen LogP contribution is 2.29. The number of aliphatic hydroxyl groups excluding tert-OH is 1. The first kappa shape index (κ1) is 18.0. The molecule has 3 rings (SSSR count). The van der Waals surface area contributed by atoms with E-state index in [1.165, 1.54) is 12.8 Å². The van der Waals surface area contributed by atoms with Gasteiger partial charge in [0.05, 0.1) is 19.3 Å². The molecule has 0 atom stereocenters. The van der Waals surface area contributed by atoms with E-state index in [4.69, 9.17) is 4.74 Å². The molecule has 1 heterocycles. The van der Waals surface area contributed by atoms with Crippen LogP contribution >= 0.6 is 0 Å². The van der Waals surface area contributed by atoms with Gasteiger partial charge in [-0.25, -0.2) is 9.98 Å². The monoisotopic (exact) mass is 346 g/mol. The van der Waals surface area contributed by atoms with Gasteiger partial charge >= 0.3 is 0 Å². The van der Waals surface area contributed by atoms with Crippen LogP contribution < -0.4 is 15.4 Å². The highest BCUT2D eigenvalue weighted by Gasteiger charge is 2.22. The molecule has 0 aliphatic heterocycles. The van der Waals surface area contributed by atoms with Gasteiger partial charge in [0.15, 0.2) is 5.96 Å². The van der Waals surface area contributed by atoms with Gasteiger partial charge in [0.25, 0.3) is 0 Å². The van der Waals surface area contributed by atoms with E-state index in [2.05, 4.69) is 27.5 Å². The van der Waals surface area contributed by atoms with Gasteiger partial charge in [0.1, 0.15) is 0 Å². The van der Waals surface area contributed by atoms with Crippen LogP contribution in [-0.2, 0) is 6.54 Å². The van der Waals surface area contributed by atoms with E-state index in [0.29, 0.717) is 18.5 Å². The van der Waals surface area contributed by atoms with Gasteiger partial charge in [-0.1, -0.05) is 6.07 Å². The first-order valence-corrected chi connectivity index (χ1v) is 9.53. The standard InChI is InChI=1S/C19H30N4O2/c1-2-20-19(23-16-6-8-17(24)9-7-16)22-12-15-5-10-18(21-11-15)25-13-14-3-4-14/h5,10-11,14,16-17,24H,2-4,6-9,12-13H2,1H3,(H2,20,22,23). The SMILES string of the molecule is CCNC(=NCc1ccc(OCC2CC2)nc1)NC1CCC(O)CC1. The van der Waals surface area contributed by atoms with E-state index in [-0.39, 0.29) is 6.10 Å². The highest BCUT2D eigenvalue weighted by molar-refractivity contribution is 5.80. The van der Waals surface area contributed by atoms with Crippen molar-refractivity contribution in [3.63, 3.8) is 0 Å². The molecule has 2 aliphatic rings. The zero-order valence-electron chi connectivity index (χ0n) is 15.1. The number of aromatic nitrogens is 1. The number of guanidine groups is 1. The number of aliphatic imine (C=N–C) groups is 1. The van der Waals surface area contributed by atoms with Crippen molar-refractivity contribution in [2.75, 3.05) is 13.2 Å². The molecule has 138 valence electrons. The van der Waals surface area contributed by atoms with Crippen molar-refractivity contribution in [1.82, 2.24) is 15.6 Å². The molecule has 6 nitrogen and oxygen atoms in total. The van der Waals surface area contributed by atoms with E-state index in [1.807, 2.05) is 18.3 Å². The summed E-state index contributed by atoms with van der Waals surface area (Å²) in [5.41, 5.74) is 1.06. The molecular formula is C19H30N4O2. The van der Waals surface area contributed by atoms with Crippen LogP contribution in [-0.4, -0.2) is 41.3 Å². The molecule has 0 bridgehead atoms. The third kappa shape index (κ3) is 6.20. The Morgan fingerprint density at radius 3 is 2.68 bits per heavy atom. The lowest BCUT2D eigenvalue weighted by Gasteiger charge is -2.27. The summed E-state index contributed by atoms with van der Waals surface area (Å²) in [5.74, 6) is 2.27. The van der Waals surface area contributed by atoms with Gasteiger partial charge in [-0.15, -0.1) is 0 Å². The highest BCUT2D eigenvalue weighted by atomic mass is 16.5. The third-order valence-corrected chi connectivity index (χ3v) is 4.76. The largest absolute Gasteiger partial charge is 0.477 e. The van der Waals surface area contributed by atoms with E-state index in [0.717, 1.165) is 56.3 Å². The zero-order valence-corrected chi connectivity index (χ0v) is 15.1. The van der Waals surface area contributed by atoms with Crippen molar-refractivity contribution in [1.29, 1.82) is 0 Å². The predicted octanol–water partition coefficient (Wildman–Crippen LogP) is 2.23. The van der Waals surface area contributed by atoms with Gasteiger partial charge in [-0.05, 0) is 56.9 Å². The molecule has 6 heteroatoms. The van der Waals surface area contributed by atoms with E-state index in [9.17, 15) is 5.11 Å². The summed E-state index contributed by atoms with van der Waals surface area (Å²) in [6.07, 6.45) is 7.98. The number of nitrogens with one attached hydrogen (secondary N) is 2. The molecule has 3 N–H and O–H groups in total. The minimum Gasteiger partial charge on any atom is -0.477 e. The third-order valence-electron chi connectivity index (χ3n) is 4.76. The number of rotatable bonds is 7. The number of nitrogens with zero attached hydrogens (tertiary/aromatic N) is 2. The topological polar surface area (TPSA) is 78.8 Å². The number of aliphatic hydroxyl groups is 1. The fraction of sp³-hybridized carbons (Fsp3) is 0.684. The Hall–Kier alpha value is -1.82. The number of hydrogen-bond acceptors (Lipinski definition) is 4. The van der Waals surface area contributed by atoms with E-state index >= 15 is 0 Å². The van der Waals surface area contributed by atoms with E-state index in [1.54, 1.807) is 0 Å². The van der Waals surface area contributed by atoms with Gasteiger partial charge in [0.2, 0.25) is 5.88 Å². The molecule has 0 amide bonds. The smallest absolute Gasteiger partial charge is 0.213 e. The average Bonchev–Trinajstić information content (AvgIpc) is 3.45. The first-order chi connectivity index (χ1) is 12.2. The van der Waals surface area contributed by atoms with Crippen molar-refractivity contribution in [2.45, 2.75) is 64.1 Å². The average molecular weight is 346 g/mol. The first-order valence-electron chi connectivity index (χ1n) is 9.53. The molecule has 0 saturated heterocycles. The maximum atomic E-state index is 9.62. The Morgan fingerprint density at radius 1 is 1.24 bits per heavy atom. The minimum absolute atomic E-state index is 0.135.